The van der Waals surface area contributed by atoms with E-state index in [2.05, 4.69) is 62.1 Å². The first-order valence-corrected chi connectivity index (χ1v) is 7.92. The maximum absolute atomic E-state index is 3.61. The third-order valence-corrected chi connectivity index (χ3v) is 4.71. The molecule has 0 radical (unpaired) electrons. The molecule has 18 heavy (non-hydrogen) atoms. The minimum atomic E-state index is 0.325. The number of benzene rings is 1. The van der Waals surface area contributed by atoms with Gasteiger partial charge < -0.3 is 5.32 Å². The molecule has 0 heterocycles. The van der Waals surface area contributed by atoms with Crippen molar-refractivity contribution in [2.75, 3.05) is 11.9 Å². The Kier molecular flexibility index (Phi) is 4.60. The molecule has 1 N–H and O–H groups in total. The molecule has 0 aromatic heterocycles. The van der Waals surface area contributed by atoms with Gasteiger partial charge in [0.2, 0.25) is 0 Å². The lowest BCUT2D eigenvalue weighted by molar-refractivity contribution is 0.443. The van der Waals surface area contributed by atoms with Crippen molar-refractivity contribution in [2.24, 2.45) is 5.41 Å². The molecule has 2 rings (SSSR count). The molecule has 0 atom stereocenters. The Morgan fingerprint density at radius 1 is 1.17 bits per heavy atom. The van der Waals surface area contributed by atoms with E-state index in [-0.39, 0.29) is 0 Å². The largest absolute Gasteiger partial charge is 0.384 e. The van der Waals surface area contributed by atoms with E-state index >= 15 is 0 Å². The number of rotatable bonds is 4. The number of nitrogens with one attached hydrogen (secondary N) is 1. The van der Waals surface area contributed by atoms with Gasteiger partial charge in [0.05, 0.1) is 0 Å². The summed E-state index contributed by atoms with van der Waals surface area (Å²) < 4.78 is 0. The molecule has 1 aromatic carbocycles. The van der Waals surface area contributed by atoms with E-state index in [1.54, 1.807) is 0 Å². The van der Waals surface area contributed by atoms with Crippen LogP contribution in [-0.4, -0.2) is 11.8 Å². The molecule has 0 bridgehead atoms. The van der Waals surface area contributed by atoms with Crippen LogP contribution in [0.1, 0.15) is 46.5 Å². The number of para-hydroxylation sites is 1. The van der Waals surface area contributed by atoms with Crippen LogP contribution >= 0.6 is 11.8 Å². The van der Waals surface area contributed by atoms with Gasteiger partial charge in [-0.15, -0.1) is 11.8 Å². The van der Waals surface area contributed by atoms with Crippen LogP contribution in [0, 0.1) is 5.41 Å². The Morgan fingerprint density at radius 2 is 1.83 bits per heavy atom. The fraction of sp³-hybridized carbons (Fsp3) is 0.625. The van der Waals surface area contributed by atoms with Crippen molar-refractivity contribution in [1.29, 1.82) is 0 Å². The highest BCUT2D eigenvalue weighted by Crippen LogP contribution is 2.38. The van der Waals surface area contributed by atoms with Crippen molar-refractivity contribution in [2.45, 2.75) is 56.6 Å². The van der Waals surface area contributed by atoms with Crippen LogP contribution in [0.15, 0.2) is 29.2 Å². The van der Waals surface area contributed by atoms with Gasteiger partial charge in [-0.1, -0.05) is 45.7 Å². The van der Waals surface area contributed by atoms with Crippen molar-refractivity contribution in [3.05, 3.63) is 24.3 Å². The second-order valence-corrected chi connectivity index (χ2v) is 7.78. The molecule has 1 aliphatic carbocycles. The predicted octanol–water partition coefficient (Wildman–Crippen LogP) is 5.18. The Bertz CT molecular complexity index is 375. The lowest BCUT2D eigenvalue weighted by Crippen LogP contribution is -2.19. The van der Waals surface area contributed by atoms with E-state index in [1.807, 2.05) is 0 Å². The van der Waals surface area contributed by atoms with Gasteiger partial charge in [-0.25, -0.2) is 0 Å². The average Bonchev–Trinajstić information content (AvgIpc) is 2.80. The van der Waals surface area contributed by atoms with Gasteiger partial charge in [0.25, 0.3) is 0 Å². The van der Waals surface area contributed by atoms with Gasteiger partial charge in [-0.3, -0.25) is 0 Å². The molecule has 0 spiro atoms. The summed E-state index contributed by atoms with van der Waals surface area (Å²) in [4.78, 5) is 1.42. The standard InChI is InChI=1S/C16H25NS/c1-16(2,3)12-17-14-10-6-7-11-15(14)18-13-8-4-5-9-13/h6-7,10-11,13,17H,4-5,8-9,12H2,1-3H3. The van der Waals surface area contributed by atoms with Crippen LogP contribution in [0.3, 0.4) is 0 Å². The number of anilines is 1. The molecule has 1 fully saturated rings. The fourth-order valence-electron chi connectivity index (χ4n) is 2.26. The summed E-state index contributed by atoms with van der Waals surface area (Å²) >= 11 is 2.07. The van der Waals surface area contributed by atoms with Crippen molar-refractivity contribution < 1.29 is 0 Å². The van der Waals surface area contributed by atoms with Crippen molar-refractivity contribution in [3.8, 4) is 0 Å². The Balaban J connectivity index is 2.00. The predicted molar refractivity (Wildman–Crippen MR) is 82.5 cm³/mol. The van der Waals surface area contributed by atoms with Crippen LogP contribution in [0.2, 0.25) is 0 Å². The summed E-state index contributed by atoms with van der Waals surface area (Å²) in [5, 5.41) is 4.44. The van der Waals surface area contributed by atoms with Crippen LogP contribution in [0.4, 0.5) is 5.69 Å². The third kappa shape index (κ3) is 4.24. The lowest BCUT2D eigenvalue weighted by atomic mass is 9.97. The molecular formula is C16H25NS. The summed E-state index contributed by atoms with van der Waals surface area (Å²) in [7, 11) is 0. The molecule has 2 heteroatoms. The van der Waals surface area contributed by atoms with Crippen LogP contribution in [0.25, 0.3) is 0 Å². The van der Waals surface area contributed by atoms with Gasteiger partial charge in [0, 0.05) is 22.4 Å². The number of hydrogen-bond acceptors (Lipinski definition) is 2. The molecule has 100 valence electrons. The second kappa shape index (κ2) is 6.01. The summed E-state index contributed by atoms with van der Waals surface area (Å²) in [5.41, 5.74) is 1.63. The van der Waals surface area contributed by atoms with Crippen LogP contribution in [-0.2, 0) is 0 Å². The van der Waals surface area contributed by atoms with E-state index in [9.17, 15) is 0 Å². The topological polar surface area (TPSA) is 12.0 Å². The SMILES string of the molecule is CC(C)(C)CNc1ccccc1SC1CCCC1. The molecule has 1 saturated carbocycles. The first-order valence-electron chi connectivity index (χ1n) is 7.04. The van der Waals surface area contributed by atoms with Crippen LogP contribution in [0.5, 0.6) is 0 Å². The van der Waals surface area contributed by atoms with Crippen LogP contribution < -0.4 is 5.32 Å². The van der Waals surface area contributed by atoms with E-state index in [1.165, 1.54) is 36.3 Å². The smallest absolute Gasteiger partial charge is 0.0478 e. The molecule has 0 amide bonds. The molecular weight excluding hydrogens is 238 g/mol. The van der Waals surface area contributed by atoms with Gasteiger partial charge in [-0.2, -0.15) is 0 Å². The van der Waals surface area contributed by atoms with Crippen molar-refractivity contribution in [3.63, 3.8) is 0 Å². The minimum Gasteiger partial charge on any atom is -0.384 e. The molecule has 0 unspecified atom stereocenters. The Morgan fingerprint density at radius 3 is 2.50 bits per heavy atom. The highest BCUT2D eigenvalue weighted by Gasteiger charge is 2.18. The molecule has 0 saturated heterocycles. The Hall–Kier alpha value is -0.630. The van der Waals surface area contributed by atoms with E-state index in [4.69, 9.17) is 0 Å². The zero-order chi connectivity index (χ0) is 13.0. The van der Waals surface area contributed by atoms with Gasteiger partial charge in [-0.05, 0) is 30.4 Å². The third-order valence-electron chi connectivity index (χ3n) is 3.29. The quantitative estimate of drug-likeness (QED) is 0.803. The summed E-state index contributed by atoms with van der Waals surface area (Å²) in [6.45, 7) is 7.83. The minimum absolute atomic E-state index is 0.325. The van der Waals surface area contributed by atoms with Crippen molar-refractivity contribution in [1.82, 2.24) is 0 Å². The summed E-state index contributed by atoms with van der Waals surface area (Å²) in [6.07, 6.45) is 5.60. The average molecular weight is 263 g/mol. The van der Waals surface area contributed by atoms with Gasteiger partial charge in [0.15, 0.2) is 0 Å². The molecule has 1 aliphatic rings. The normalized spacial score (nSPS) is 17.1. The zero-order valence-electron chi connectivity index (χ0n) is 11.8. The lowest BCUT2D eigenvalue weighted by Gasteiger charge is -2.21. The maximum atomic E-state index is 3.61. The fourth-order valence-corrected chi connectivity index (χ4v) is 3.61. The monoisotopic (exact) mass is 263 g/mol. The first-order chi connectivity index (χ1) is 8.54. The molecule has 1 aromatic rings. The van der Waals surface area contributed by atoms with Gasteiger partial charge >= 0.3 is 0 Å². The zero-order valence-corrected chi connectivity index (χ0v) is 12.6. The van der Waals surface area contributed by atoms with E-state index in [0.717, 1.165) is 11.8 Å². The molecule has 1 nitrogen and oxygen atoms in total. The van der Waals surface area contributed by atoms with E-state index < -0.39 is 0 Å². The summed E-state index contributed by atoms with van der Waals surface area (Å²) in [6, 6.07) is 8.75. The molecule has 0 aliphatic heterocycles. The highest BCUT2D eigenvalue weighted by molar-refractivity contribution is 8.00. The first kappa shape index (κ1) is 13.8. The number of hydrogen-bond donors (Lipinski definition) is 1. The second-order valence-electron chi connectivity index (χ2n) is 6.43. The maximum Gasteiger partial charge on any atom is 0.0478 e. The van der Waals surface area contributed by atoms with Gasteiger partial charge in [0.1, 0.15) is 0 Å². The highest BCUT2D eigenvalue weighted by atomic mass is 32.2. The Labute approximate surface area is 116 Å². The van der Waals surface area contributed by atoms with Crippen molar-refractivity contribution >= 4 is 17.4 Å². The summed E-state index contributed by atoms with van der Waals surface area (Å²) in [5.74, 6) is 0. The van der Waals surface area contributed by atoms with E-state index in [0.29, 0.717) is 5.41 Å². The number of thioether (sulfide) groups is 1.